The van der Waals surface area contributed by atoms with E-state index in [1.165, 1.54) is 20.7 Å². The van der Waals surface area contributed by atoms with Crippen LogP contribution in [0.4, 0.5) is 0 Å². The number of hydrogen-bond acceptors (Lipinski definition) is 3. The predicted octanol–water partition coefficient (Wildman–Crippen LogP) is 7.92. The normalized spacial score (nSPS) is 11.3. The van der Waals surface area contributed by atoms with Crippen molar-refractivity contribution in [3.63, 3.8) is 0 Å². The molecule has 0 saturated carbocycles. The topological polar surface area (TPSA) is 38.7 Å². The summed E-state index contributed by atoms with van der Waals surface area (Å²) >= 11 is 0. The van der Waals surface area contributed by atoms with Gasteiger partial charge in [-0.15, -0.1) is 0 Å². The van der Waals surface area contributed by atoms with E-state index in [1.807, 2.05) is 36.4 Å². The van der Waals surface area contributed by atoms with Crippen LogP contribution in [-0.4, -0.2) is 23.0 Å². The molecule has 0 fully saturated rings. The Morgan fingerprint density at radius 3 is 1.04 bits per heavy atom. The van der Waals surface area contributed by atoms with Crippen molar-refractivity contribution in [3.8, 4) is 45.3 Å². The summed E-state index contributed by atoms with van der Waals surface area (Å²) in [5.41, 5.74) is 5.11. The fourth-order valence-corrected chi connectivity index (χ4v) is 11.9. The molecule has 7 aromatic carbocycles. The SMILES string of the molecule is c1ccc(-c2nc(-c3ccccc3)nc(-c3c(-c4ccccc4)cccc3[Si](c3ccccc3)(c3ccccc3)c3ccccc3)n2)cc1. The average molecular weight is 644 g/mol. The zero-order valence-electron chi connectivity index (χ0n) is 26.9. The van der Waals surface area contributed by atoms with Crippen molar-refractivity contribution in [1.82, 2.24) is 15.0 Å². The molecule has 3 nitrogen and oxygen atoms in total. The molecular formula is C45H33N3Si. The summed E-state index contributed by atoms with van der Waals surface area (Å²) < 4.78 is 0. The zero-order chi connectivity index (χ0) is 32.9. The third kappa shape index (κ3) is 5.69. The lowest BCUT2D eigenvalue weighted by Crippen LogP contribution is -2.75. The number of hydrogen-bond donors (Lipinski definition) is 0. The van der Waals surface area contributed by atoms with E-state index in [-0.39, 0.29) is 0 Å². The third-order valence-electron chi connectivity index (χ3n) is 9.10. The maximum Gasteiger partial charge on any atom is 0.180 e. The minimum atomic E-state index is -2.99. The maximum atomic E-state index is 5.34. The second kappa shape index (κ2) is 13.5. The van der Waals surface area contributed by atoms with Crippen LogP contribution < -0.4 is 20.7 Å². The Bertz CT molecular complexity index is 2140. The lowest BCUT2D eigenvalue weighted by molar-refractivity contribution is 1.08. The van der Waals surface area contributed by atoms with Crippen LogP contribution in [0.15, 0.2) is 200 Å². The van der Waals surface area contributed by atoms with Gasteiger partial charge in [0.2, 0.25) is 0 Å². The van der Waals surface area contributed by atoms with Crippen molar-refractivity contribution >= 4 is 28.8 Å². The Morgan fingerprint density at radius 2 is 0.633 bits per heavy atom. The van der Waals surface area contributed by atoms with E-state index in [1.54, 1.807) is 0 Å². The molecule has 0 unspecified atom stereocenters. The Balaban J connectivity index is 1.54. The molecule has 0 N–H and O–H groups in total. The first-order valence-electron chi connectivity index (χ1n) is 16.5. The predicted molar refractivity (Wildman–Crippen MR) is 205 cm³/mol. The van der Waals surface area contributed by atoms with Gasteiger partial charge in [-0.25, -0.2) is 15.0 Å². The number of aromatic nitrogens is 3. The van der Waals surface area contributed by atoms with Gasteiger partial charge in [0.25, 0.3) is 0 Å². The molecule has 1 aromatic heterocycles. The van der Waals surface area contributed by atoms with Crippen molar-refractivity contribution in [1.29, 1.82) is 0 Å². The van der Waals surface area contributed by atoms with Crippen molar-refractivity contribution in [2.45, 2.75) is 0 Å². The Morgan fingerprint density at radius 1 is 0.286 bits per heavy atom. The van der Waals surface area contributed by atoms with E-state index in [0.717, 1.165) is 27.8 Å². The van der Waals surface area contributed by atoms with E-state index in [9.17, 15) is 0 Å². The van der Waals surface area contributed by atoms with Gasteiger partial charge < -0.3 is 0 Å². The first kappa shape index (κ1) is 30.1. The molecule has 1 heterocycles. The summed E-state index contributed by atoms with van der Waals surface area (Å²) in [6.07, 6.45) is 0. The van der Waals surface area contributed by atoms with E-state index < -0.39 is 8.07 Å². The van der Waals surface area contributed by atoms with Crippen LogP contribution >= 0.6 is 0 Å². The van der Waals surface area contributed by atoms with Crippen molar-refractivity contribution in [3.05, 3.63) is 200 Å². The highest BCUT2D eigenvalue weighted by molar-refractivity contribution is 7.20. The van der Waals surface area contributed by atoms with Gasteiger partial charge in [-0.2, -0.15) is 0 Å². The van der Waals surface area contributed by atoms with Crippen molar-refractivity contribution in [2.75, 3.05) is 0 Å². The summed E-state index contributed by atoms with van der Waals surface area (Å²) in [7, 11) is -2.99. The highest BCUT2D eigenvalue weighted by Crippen LogP contribution is 2.33. The summed E-state index contributed by atoms with van der Waals surface area (Å²) in [6, 6.07) is 70.8. The first-order chi connectivity index (χ1) is 24.3. The highest BCUT2D eigenvalue weighted by Gasteiger charge is 2.44. The molecule has 232 valence electrons. The summed E-state index contributed by atoms with van der Waals surface area (Å²) in [5.74, 6) is 1.94. The smallest absolute Gasteiger partial charge is 0.180 e. The molecule has 0 spiro atoms. The fraction of sp³-hybridized carbons (Fsp3) is 0. The standard InChI is InChI=1S/C45H33N3Si/c1-7-20-34(21-8-1)40-32-19-33-41(49(37-26-13-4-14-27-37,38-28-15-5-16-29-38)39-30-17-6-18-31-39)42(40)45-47-43(35-22-9-2-10-23-35)46-44(48-45)36-24-11-3-12-25-36/h1-33H. The van der Waals surface area contributed by atoms with Crippen LogP contribution in [0.3, 0.4) is 0 Å². The number of nitrogens with zero attached hydrogens (tertiary/aromatic N) is 3. The average Bonchev–Trinajstić information content (AvgIpc) is 3.20. The Kier molecular flexibility index (Phi) is 8.29. The summed E-state index contributed by atoms with van der Waals surface area (Å²) in [4.78, 5) is 15.7. The molecule has 8 aromatic rings. The van der Waals surface area contributed by atoms with E-state index in [4.69, 9.17) is 15.0 Å². The minimum absolute atomic E-state index is 0.643. The van der Waals surface area contributed by atoms with Gasteiger partial charge in [0.1, 0.15) is 0 Å². The second-order valence-corrected chi connectivity index (χ2v) is 15.8. The molecule has 4 heteroatoms. The lowest BCUT2D eigenvalue weighted by Gasteiger charge is -2.36. The molecule has 0 amide bonds. The van der Waals surface area contributed by atoms with Gasteiger partial charge in [-0.05, 0) is 31.9 Å². The molecule has 0 bridgehead atoms. The number of benzene rings is 7. The van der Waals surface area contributed by atoms with Crippen LogP contribution in [0, 0.1) is 0 Å². The van der Waals surface area contributed by atoms with Crippen LogP contribution in [0.5, 0.6) is 0 Å². The van der Waals surface area contributed by atoms with Gasteiger partial charge in [0, 0.05) is 16.7 Å². The summed E-state index contributed by atoms with van der Waals surface area (Å²) in [6.45, 7) is 0. The zero-order valence-corrected chi connectivity index (χ0v) is 27.9. The molecule has 8 rings (SSSR count). The Hall–Kier alpha value is -6.23. The van der Waals surface area contributed by atoms with Gasteiger partial charge in [-0.1, -0.05) is 200 Å². The molecule has 49 heavy (non-hydrogen) atoms. The van der Waals surface area contributed by atoms with Crippen LogP contribution in [0.1, 0.15) is 0 Å². The molecular weight excluding hydrogens is 611 g/mol. The molecule has 0 aliphatic rings. The number of rotatable bonds is 8. The molecule has 0 atom stereocenters. The minimum Gasteiger partial charge on any atom is -0.208 e. The maximum absolute atomic E-state index is 5.34. The van der Waals surface area contributed by atoms with Crippen molar-refractivity contribution in [2.24, 2.45) is 0 Å². The van der Waals surface area contributed by atoms with Crippen LogP contribution in [0.25, 0.3) is 45.3 Å². The monoisotopic (exact) mass is 643 g/mol. The molecule has 0 radical (unpaired) electrons. The lowest BCUT2D eigenvalue weighted by atomic mass is 9.99. The van der Waals surface area contributed by atoms with E-state index in [2.05, 4.69) is 164 Å². The second-order valence-electron chi connectivity index (χ2n) is 12.0. The summed E-state index contributed by atoms with van der Waals surface area (Å²) in [5, 5.41) is 5.10. The highest BCUT2D eigenvalue weighted by atomic mass is 28.3. The van der Waals surface area contributed by atoms with Gasteiger partial charge >= 0.3 is 0 Å². The van der Waals surface area contributed by atoms with Gasteiger partial charge in [0.15, 0.2) is 25.5 Å². The first-order valence-corrected chi connectivity index (χ1v) is 18.5. The fourth-order valence-electron chi connectivity index (χ4n) is 6.92. The third-order valence-corrected chi connectivity index (χ3v) is 13.9. The van der Waals surface area contributed by atoms with Crippen molar-refractivity contribution < 1.29 is 0 Å². The van der Waals surface area contributed by atoms with Crippen LogP contribution in [0.2, 0.25) is 0 Å². The van der Waals surface area contributed by atoms with E-state index >= 15 is 0 Å². The van der Waals surface area contributed by atoms with E-state index in [0.29, 0.717) is 17.5 Å². The molecule has 0 aliphatic carbocycles. The molecule has 0 aliphatic heterocycles. The van der Waals surface area contributed by atoms with Gasteiger partial charge in [0.05, 0.1) is 0 Å². The van der Waals surface area contributed by atoms with Gasteiger partial charge in [-0.3, -0.25) is 0 Å². The van der Waals surface area contributed by atoms with Crippen LogP contribution in [-0.2, 0) is 0 Å². The molecule has 0 saturated heterocycles. The Labute approximate surface area is 288 Å². The quantitative estimate of drug-likeness (QED) is 0.125. The largest absolute Gasteiger partial charge is 0.208 e.